The zero-order chi connectivity index (χ0) is 13.9. The van der Waals surface area contributed by atoms with Crippen LogP contribution >= 0.6 is 0 Å². The molecule has 0 amide bonds. The van der Waals surface area contributed by atoms with Gasteiger partial charge in [0.25, 0.3) is 0 Å². The van der Waals surface area contributed by atoms with Crippen LogP contribution in [0.25, 0.3) is 0 Å². The van der Waals surface area contributed by atoms with Gasteiger partial charge in [-0.3, -0.25) is 0 Å². The topological polar surface area (TPSA) is 30.5 Å². The van der Waals surface area contributed by atoms with Crippen LogP contribution in [0.3, 0.4) is 0 Å². The van der Waals surface area contributed by atoms with Crippen LogP contribution in [-0.2, 0) is 9.47 Å². The molecule has 2 saturated carbocycles. The highest BCUT2D eigenvalue weighted by Gasteiger charge is 2.54. The van der Waals surface area contributed by atoms with Gasteiger partial charge in [-0.2, -0.15) is 0 Å². The smallest absolute Gasteiger partial charge is 0.0707 e. The Morgan fingerprint density at radius 2 is 1.79 bits per heavy atom. The van der Waals surface area contributed by atoms with Gasteiger partial charge in [0.2, 0.25) is 0 Å². The Bertz CT molecular complexity index is 279. The van der Waals surface area contributed by atoms with E-state index in [4.69, 9.17) is 9.47 Å². The van der Waals surface area contributed by atoms with E-state index in [0.717, 1.165) is 6.61 Å². The van der Waals surface area contributed by atoms with Gasteiger partial charge in [-0.25, -0.2) is 0 Å². The van der Waals surface area contributed by atoms with Crippen LogP contribution in [0.4, 0.5) is 0 Å². The molecule has 0 aromatic heterocycles. The first-order valence-electron chi connectivity index (χ1n) is 7.91. The van der Waals surface area contributed by atoms with Crippen LogP contribution in [0.2, 0.25) is 0 Å². The first-order chi connectivity index (χ1) is 8.98. The fourth-order valence-corrected chi connectivity index (χ4v) is 3.81. The summed E-state index contributed by atoms with van der Waals surface area (Å²) in [5.74, 6) is 0. The van der Waals surface area contributed by atoms with Crippen LogP contribution < -0.4 is 5.32 Å². The van der Waals surface area contributed by atoms with Crippen molar-refractivity contribution in [2.45, 2.75) is 77.0 Å². The Hall–Kier alpha value is -0.120. The second kappa shape index (κ2) is 6.11. The molecule has 2 aliphatic rings. The van der Waals surface area contributed by atoms with E-state index in [2.05, 4.69) is 33.1 Å². The average Bonchev–Trinajstić information content (AvgIpc) is 2.36. The van der Waals surface area contributed by atoms with Crippen molar-refractivity contribution >= 4 is 0 Å². The molecule has 2 unspecified atom stereocenters. The fraction of sp³-hybridized carbons (Fsp3) is 1.00. The number of ether oxygens (including phenoxy) is 2. The molecule has 2 aliphatic carbocycles. The minimum atomic E-state index is -0.0565. The van der Waals surface area contributed by atoms with Gasteiger partial charge < -0.3 is 14.8 Å². The molecule has 3 heteroatoms. The Labute approximate surface area is 118 Å². The van der Waals surface area contributed by atoms with Gasteiger partial charge in [0, 0.05) is 11.5 Å². The summed E-state index contributed by atoms with van der Waals surface area (Å²) in [6.07, 6.45) is 8.44. The van der Waals surface area contributed by atoms with E-state index in [0.29, 0.717) is 24.2 Å². The van der Waals surface area contributed by atoms with Gasteiger partial charge in [-0.1, -0.05) is 19.3 Å². The van der Waals surface area contributed by atoms with Crippen LogP contribution in [-0.4, -0.2) is 38.0 Å². The zero-order valence-corrected chi connectivity index (χ0v) is 13.1. The molecule has 2 fully saturated rings. The minimum Gasteiger partial charge on any atom is -0.375 e. The van der Waals surface area contributed by atoms with Crippen LogP contribution in [0.1, 0.15) is 59.3 Å². The van der Waals surface area contributed by atoms with Gasteiger partial charge in [-0.05, 0) is 47.1 Å². The molecule has 0 saturated heterocycles. The van der Waals surface area contributed by atoms with E-state index in [-0.39, 0.29) is 5.60 Å². The van der Waals surface area contributed by atoms with Crippen LogP contribution in [0.5, 0.6) is 0 Å². The van der Waals surface area contributed by atoms with E-state index in [9.17, 15) is 0 Å². The molecule has 19 heavy (non-hydrogen) atoms. The molecule has 0 radical (unpaired) electrons. The Balaban J connectivity index is 1.77. The summed E-state index contributed by atoms with van der Waals surface area (Å²) in [5.41, 5.74) is 0.369. The summed E-state index contributed by atoms with van der Waals surface area (Å²) in [6.45, 7) is 7.72. The summed E-state index contributed by atoms with van der Waals surface area (Å²) in [6, 6.07) is 0.668. The third kappa shape index (κ3) is 3.50. The maximum atomic E-state index is 6.13. The molecule has 2 rings (SSSR count). The maximum absolute atomic E-state index is 6.13. The molecule has 2 atom stereocenters. The van der Waals surface area contributed by atoms with Crippen LogP contribution in [0.15, 0.2) is 0 Å². The molecule has 0 aromatic rings. The quantitative estimate of drug-likeness (QED) is 0.778. The van der Waals surface area contributed by atoms with Gasteiger partial charge >= 0.3 is 0 Å². The lowest BCUT2D eigenvalue weighted by atomic mass is 9.55. The number of hydrogen-bond acceptors (Lipinski definition) is 3. The average molecular weight is 269 g/mol. The largest absolute Gasteiger partial charge is 0.375 e. The van der Waals surface area contributed by atoms with E-state index >= 15 is 0 Å². The summed E-state index contributed by atoms with van der Waals surface area (Å²) in [5, 5.41) is 3.50. The lowest BCUT2D eigenvalue weighted by molar-refractivity contribution is -0.163. The van der Waals surface area contributed by atoms with Gasteiger partial charge in [0.1, 0.15) is 0 Å². The normalized spacial score (nSPS) is 30.3. The van der Waals surface area contributed by atoms with Crippen molar-refractivity contribution in [1.29, 1.82) is 0 Å². The lowest BCUT2D eigenvalue weighted by Crippen LogP contribution is -2.63. The lowest BCUT2D eigenvalue weighted by Gasteiger charge is -2.57. The summed E-state index contributed by atoms with van der Waals surface area (Å²) in [7, 11) is 2.10. The second-order valence-electron chi connectivity index (χ2n) is 7.19. The first kappa shape index (κ1) is 15.3. The molecular weight excluding hydrogens is 238 g/mol. The molecule has 0 heterocycles. The van der Waals surface area contributed by atoms with Crippen molar-refractivity contribution in [3.05, 3.63) is 0 Å². The van der Waals surface area contributed by atoms with Crippen LogP contribution in [0, 0.1) is 5.41 Å². The third-order valence-corrected chi connectivity index (χ3v) is 4.86. The second-order valence-corrected chi connectivity index (χ2v) is 7.19. The Kier molecular flexibility index (Phi) is 4.91. The summed E-state index contributed by atoms with van der Waals surface area (Å²) < 4.78 is 11.9. The zero-order valence-electron chi connectivity index (χ0n) is 13.1. The summed E-state index contributed by atoms with van der Waals surface area (Å²) >= 11 is 0. The van der Waals surface area contributed by atoms with Crippen molar-refractivity contribution in [3.8, 4) is 0 Å². The minimum absolute atomic E-state index is 0.0565. The molecule has 112 valence electrons. The molecule has 0 aromatic carbocycles. The van der Waals surface area contributed by atoms with E-state index in [1.165, 1.54) is 38.5 Å². The van der Waals surface area contributed by atoms with Crippen molar-refractivity contribution in [2.75, 3.05) is 20.3 Å². The highest BCUT2D eigenvalue weighted by atomic mass is 16.5. The Morgan fingerprint density at radius 3 is 2.37 bits per heavy atom. The SMILES string of the molecule is CNC1CC(OCCOC(C)(C)C)C12CCCCC2. The first-order valence-corrected chi connectivity index (χ1v) is 7.91. The predicted octanol–water partition coefficient (Wildman–Crippen LogP) is 3.13. The van der Waals surface area contributed by atoms with Crippen molar-refractivity contribution in [1.82, 2.24) is 5.32 Å². The van der Waals surface area contributed by atoms with Gasteiger partial charge in [0.05, 0.1) is 24.9 Å². The highest BCUT2D eigenvalue weighted by Crippen LogP contribution is 2.53. The number of hydrogen-bond donors (Lipinski definition) is 1. The molecular formula is C16H31NO2. The molecule has 3 nitrogen and oxygen atoms in total. The maximum Gasteiger partial charge on any atom is 0.0707 e. The monoisotopic (exact) mass is 269 g/mol. The van der Waals surface area contributed by atoms with Gasteiger partial charge in [0.15, 0.2) is 0 Å². The predicted molar refractivity (Wildman–Crippen MR) is 78.4 cm³/mol. The standard InChI is InChI=1S/C16H31NO2/c1-15(2,3)19-11-10-18-14-12-13(17-4)16(14)8-6-5-7-9-16/h13-14,17H,5-12H2,1-4H3. The number of rotatable bonds is 5. The van der Waals surface area contributed by atoms with Crippen molar-refractivity contribution in [3.63, 3.8) is 0 Å². The van der Waals surface area contributed by atoms with E-state index < -0.39 is 0 Å². The van der Waals surface area contributed by atoms with Gasteiger partial charge in [-0.15, -0.1) is 0 Å². The molecule has 0 bridgehead atoms. The van der Waals surface area contributed by atoms with Crippen molar-refractivity contribution in [2.24, 2.45) is 5.41 Å². The third-order valence-electron chi connectivity index (χ3n) is 4.86. The fourth-order valence-electron chi connectivity index (χ4n) is 3.81. The summed E-state index contributed by atoms with van der Waals surface area (Å²) in [4.78, 5) is 0. The van der Waals surface area contributed by atoms with E-state index in [1.54, 1.807) is 0 Å². The van der Waals surface area contributed by atoms with Crippen molar-refractivity contribution < 1.29 is 9.47 Å². The highest BCUT2D eigenvalue weighted by molar-refractivity contribution is 5.08. The number of nitrogens with one attached hydrogen (secondary N) is 1. The molecule has 1 N–H and O–H groups in total. The van der Waals surface area contributed by atoms with E-state index in [1.807, 2.05) is 0 Å². The molecule has 0 aliphatic heterocycles. The Morgan fingerprint density at radius 1 is 1.11 bits per heavy atom. The molecule has 1 spiro atoms.